The molecule has 0 aliphatic carbocycles. The summed E-state index contributed by atoms with van der Waals surface area (Å²) in [4.78, 5) is 18.6. The van der Waals surface area contributed by atoms with Crippen LogP contribution < -0.4 is 15.4 Å². The Morgan fingerprint density at radius 1 is 1.16 bits per heavy atom. The van der Waals surface area contributed by atoms with Crippen LogP contribution in [0.15, 0.2) is 53.5 Å². The molecule has 1 saturated heterocycles. The van der Waals surface area contributed by atoms with Crippen molar-refractivity contribution < 1.29 is 9.53 Å². The van der Waals surface area contributed by atoms with Crippen molar-refractivity contribution in [1.82, 2.24) is 15.5 Å². The van der Waals surface area contributed by atoms with Crippen LogP contribution in [-0.2, 0) is 17.9 Å². The normalized spacial score (nSPS) is 16.3. The number of aliphatic imine (C=N–C) groups is 1. The number of amides is 1. The average molecular weight is 443 g/mol. The zero-order valence-electron chi connectivity index (χ0n) is 18.2. The van der Waals surface area contributed by atoms with Gasteiger partial charge in [-0.2, -0.15) is 0 Å². The predicted molar refractivity (Wildman–Crippen MR) is 125 cm³/mol. The lowest BCUT2D eigenvalue weighted by molar-refractivity contribution is -0.129. The van der Waals surface area contributed by atoms with E-state index < -0.39 is 0 Å². The van der Waals surface area contributed by atoms with Gasteiger partial charge in [0.2, 0.25) is 5.91 Å². The Bertz CT molecular complexity index is 903. The van der Waals surface area contributed by atoms with E-state index in [1.54, 1.807) is 0 Å². The number of nitrogens with one attached hydrogen (secondary N) is 2. The highest BCUT2D eigenvalue weighted by Gasteiger charge is 2.25. The molecule has 1 aliphatic heterocycles. The van der Waals surface area contributed by atoms with Crippen molar-refractivity contribution in [2.45, 2.75) is 45.9 Å². The zero-order valence-corrected chi connectivity index (χ0v) is 19.0. The van der Waals surface area contributed by atoms with Gasteiger partial charge in [0, 0.05) is 32.1 Å². The third-order valence-corrected chi connectivity index (χ3v) is 5.59. The highest BCUT2D eigenvalue weighted by Crippen LogP contribution is 2.24. The first-order valence-electron chi connectivity index (χ1n) is 10.9. The summed E-state index contributed by atoms with van der Waals surface area (Å²) in [6, 6.07) is 15.8. The first kappa shape index (κ1) is 22.9. The molecule has 166 valence electrons. The Kier molecular flexibility index (Phi) is 8.59. The van der Waals surface area contributed by atoms with Crippen LogP contribution in [0, 0.1) is 0 Å². The molecule has 0 aromatic heterocycles. The second-order valence-corrected chi connectivity index (χ2v) is 7.91. The maximum Gasteiger partial charge on any atom is 0.222 e. The zero-order chi connectivity index (χ0) is 22.1. The Morgan fingerprint density at radius 3 is 2.65 bits per heavy atom. The molecule has 0 radical (unpaired) electrons. The van der Waals surface area contributed by atoms with Crippen LogP contribution in [0.4, 0.5) is 0 Å². The van der Waals surface area contributed by atoms with Crippen molar-refractivity contribution in [1.29, 1.82) is 0 Å². The second kappa shape index (κ2) is 11.6. The van der Waals surface area contributed by atoms with Crippen molar-refractivity contribution in [2.24, 2.45) is 4.99 Å². The average Bonchev–Trinajstić information content (AvgIpc) is 3.25. The molecular formula is C24H31ClN4O2. The summed E-state index contributed by atoms with van der Waals surface area (Å²) in [6.07, 6.45) is 1.48. The van der Waals surface area contributed by atoms with E-state index in [4.69, 9.17) is 21.3 Å². The predicted octanol–water partition coefficient (Wildman–Crippen LogP) is 3.99. The molecule has 31 heavy (non-hydrogen) atoms. The number of para-hydroxylation sites is 1. The lowest BCUT2D eigenvalue weighted by atomic mass is 10.1. The Balaban J connectivity index is 1.63. The largest absolute Gasteiger partial charge is 0.487 e. The number of nitrogens with zero attached hydrogens (tertiary/aromatic N) is 2. The minimum Gasteiger partial charge on any atom is -0.487 e. The number of hydrogen-bond acceptors (Lipinski definition) is 3. The Morgan fingerprint density at radius 2 is 1.90 bits per heavy atom. The minimum atomic E-state index is 0.207. The Labute approximate surface area is 189 Å². The number of halogens is 1. The van der Waals surface area contributed by atoms with E-state index in [2.05, 4.69) is 16.7 Å². The number of hydrogen-bond donors (Lipinski definition) is 2. The van der Waals surface area contributed by atoms with Gasteiger partial charge in [0.25, 0.3) is 0 Å². The molecule has 1 fully saturated rings. The van der Waals surface area contributed by atoms with Gasteiger partial charge in [-0.3, -0.25) is 4.79 Å². The van der Waals surface area contributed by atoms with Crippen molar-refractivity contribution in [3.63, 3.8) is 0 Å². The van der Waals surface area contributed by atoms with Gasteiger partial charge in [0.05, 0.1) is 11.6 Å². The van der Waals surface area contributed by atoms with Crippen molar-refractivity contribution in [3.05, 3.63) is 64.7 Å². The van der Waals surface area contributed by atoms with Gasteiger partial charge in [-0.1, -0.05) is 54.9 Å². The highest BCUT2D eigenvalue weighted by molar-refractivity contribution is 6.32. The maximum absolute atomic E-state index is 11.9. The third kappa shape index (κ3) is 6.62. The fourth-order valence-corrected chi connectivity index (χ4v) is 3.77. The molecule has 1 unspecified atom stereocenters. The first-order chi connectivity index (χ1) is 15.1. The molecule has 2 N–H and O–H groups in total. The maximum atomic E-state index is 11.9. The molecule has 1 atom stereocenters. The van der Waals surface area contributed by atoms with E-state index >= 15 is 0 Å². The molecule has 7 heteroatoms. The van der Waals surface area contributed by atoms with Crippen molar-refractivity contribution in [2.75, 3.05) is 19.6 Å². The lowest BCUT2D eigenvalue weighted by Gasteiger charge is -2.19. The monoisotopic (exact) mass is 442 g/mol. The smallest absolute Gasteiger partial charge is 0.222 e. The van der Waals surface area contributed by atoms with Crippen LogP contribution in [0.2, 0.25) is 5.02 Å². The summed E-state index contributed by atoms with van der Waals surface area (Å²) in [5.41, 5.74) is 2.17. The van der Waals surface area contributed by atoms with E-state index in [1.807, 2.05) is 61.2 Å². The van der Waals surface area contributed by atoms with E-state index in [0.29, 0.717) is 30.3 Å². The number of guanidine groups is 1. The number of carbonyl (C=O) groups excluding carboxylic acids is 1. The SMILES string of the molecule is CCNC(=NCc1ccccc1COc1ccccc1Cl)NC1CCN(C(=O)CC)C1. The van der Waals surface area contributed by atoms with Crippen LogP contribution in [-0.4, -0.2) is 42.4 Å². The second-order valence-electron chi connectivity index (χ2n) is 7.51. The number of carbonyl (C=O) groups is 1. The quantitative estimate of drug-likeness (QED) is 0.479. The number of benzene rings is 2. The van der Waals surface area contributed by atoms with Crippen LogP contribution in [0.25, 0.3) is 0 Å². The summed E-state index contributed by atoms with van der Waals surface area (Å²) in [5, 5.41) is 7.39. The molecule has 1 amide bonds. The fourth-order valence-electron chi connectivity index (χ4n) is 3.58. The van der Waals surface area contributed by atoms with Crippen LogP contribution in [0.3, 0.4) is 0 Å². The van der Waals surface area contributed by atoms with Gasteiger partial charge in [-0.15, -0.1) is 0 Å². The van der Waals surface area contributed by atoms with Crippen LogP contribution in [0.1, 0.15) is 37.8 Å². The standard InChI is InChI=1S/C24H31ClN4O2/c1-3-23(30)29-14-13-20(16-29)28-24(26-4-2)27-15-18-9-5-6-10-19(18)17-31-22-12-8-7-11-21(22)25/h5-12,20H,3-4,13-17H2,1-2H3,(H2,26,27,28). The van der Waals surface area contributed by atoms with Gasteiger partial charge < -0.3 is 20.3 Å². The van der Waals surface area contributed by atoms with Gasteiger partial charge >= 0.3 is 0 Å². The Hall–Kier alpha value is -2.73. The molecule has 2 aromatic carbocycles. The van der Waals surface area contributed by atoms with E-state index in [9.17, 15) is 4.79 Å². The van der Waals surface area contributed by atoms with Crippen molar-refractivity contribution in [3.8, 4) is 5.75 Å². The number of likely N-dealkylation sites (tertiary alicyclic amines) is 1. The highest BCUT2D eigenvalue weighted by atomic mass is 35.5. The summed E-state index contributed by atoms with van der Waals surface area (Å²) < 4.78 is 5.92. The van der Waals surface area contributed by atoms with Crippen LogP contribution in [0.5, 0.6) is 5.75 Å². The van der Waals surface area contributed by atoms with Crippen molar-refractivity contribution >= 4 is 23.5 Å². The summed E-state index contributed by atoms with van der Waals surface area (Å²) in [6.45, 7) is 7.20. The van der Waals surface area contributed by atoms with E-state index in [-0.39, 0.29) is 11.9 Å². The number of ether oxygens (including phenoxy) is 1. The molecule has 0 bridgehead atoms. The van der Waals surface area contributed by atoms with Gasteiger partial charge in [0.15, 0.2) is 5.96 Å². The third-order valence-electron chi connectivity index (χ3n) is 5.27. The summed E-state index contributed by atoms with van der Waals surface area (Å²) in [7, 11) is 0. The molecular weight excluding hydrogens is 412 g/mol. The molecule has 0 spiro atoms. The topological polar surface area (TPSA) is 66.0 Å². The van der Waals surface area contributed by atoms with Gasteiger partial charge in [0.1, 0.15) is 12.4 Å². The van der Waals surface area contributed by atoms with Crippen LogP contribution >= 0.6 is 11.6 Å². The number of rotatable bonds is 8. The van der Waals surface area contributed by atoms with Gasteiger partial charge in [-0.25, -0.2) is 4.99 Å². The lowest BCUT2D eigenvalue weighted by Crippen LogP contribution is -2.45. The molecule has 1 heterocycles. The molecule has 2 aromatic rings. The minimum absolute atomic E-state index is 0.207. The fraction of sp³-hybridized carbons (Fsp3) is 0.417. The molecule has 3 rings (SSSR count). The van der Waals surface area contributed by atoms with E-state index in [0.717, 1.165) is 43.1 Å². The molecule has 6 nitrogen and oxygen atoms in total. The summed E-state index contributed by atoms with van der Waals surface area (Å²) >= 11 is 6.20. The molecule has 0 saturated carbocycles. The van der Waals surface area contributed by atoms with E-state index in [1.165, 1.54) is 0 Å². The molecule has 1 aliphatic rings. The van der Waals surface area contributed by atoms with Gasteiger partial charge in [-0.05, 0) is 36.6 Å². The first-order valence-corrected chi connectivity index (χ1v) is 11.2. The summed E-state index contributed by atoms with van der Waals surface area (Å²) in [5.74, 6) is 1.64.